The van der Waals surface area contributed by atoms with Crippen LogP contribution in [0.2, 0.25) is 5.02 Å². The predicted molar refractivity (Wildman–Crippen MR) is 96.5 cm³/mol. The van der Waals surface area contributed by atoms with Crippen molar-refractivity contribution in [2.45, 2.75) is 6.18 Å². The standard InChI is InChI=1S/C17H14BrClF3N3O/c18-13-3-1-11(2-4-13)16(26)25-7-5-24(6-8-25)15-14(19)9-12(10-23-15)17(20,21)22/h1-4,9-10H,5-8H2. The van der Waals surface area contributed by atoms with E-state index in [2.05, 4.69) is 20.9 Å². The number of halogens is 5. The maximum Gasteiger partial charge on any atom is 0.417 e. The minimum absolute atomic E-state index is 0.0486. The monoisotopic (exact) mass is 447 g/mol. The highest BCUT2D eigenvalue weighted by Crippen LogP contribution is 2.33. The lowest BCUT2D eigenvalue weighted by Gasteiger charge is -2.35. The number of piperazine rings is 1. The highest BCUT2D eigenvalue weighted by atomic mass is 79.9. The minimum Gasteiger partial charge on any atom is -0.352 e. The maximum absolute atomic E-state index is 12.7. The molecule has 2 heterocycles. The summed E-state index contributed by atoms with van der Waals surface area (Å²) in [5.74, 6) is 0.221. The van der Waals surface area contributed by atoms with Crippen molar-refractivity contribution in [1.29, 1.82) is 0 Å². The Labute approximate surface area is 161 Å². The van der Waals surface area contributed by atoms with Crippen molar-refractivity contribution in [3.05, 3.63) is 57.2 Å². The van der Waals surface area contributed by atoms with E-state index in [9.17, 15) is 18.0 Å². The predicted octanol–water partition coefficient (Wildman–Crippen LogP) is 4.48. The van der Waals surface area contributed by atoms with Gasteiger partial charge in [-0.3, -0.25) is 4.79 Å². The van der Waals surface area contributed by atoms with Crippen LogP contribution < -0.4 is 4.90 Å². The first-order chi connectivity index (χ1) is 12.3. The normalized spacial score (nSPS) is 15.3. The van der Waals surface area contributed by atoms with Gasteiger partial charge in [0.1, 0.15) is 5.82 Å². The largest absolute Gasteiger partial charge is 0.417 e. The number of anilines is 1. The number of carbonyl (C=O) groups is 1. The first-order valence-corrected chi connectivity index (χ1v) is 8.95. The molecule has 0 radical (unpaired) electrons. The van der Waals surface area contributed by atoms with Crippen LogP contribution in [0.1, 0.15) is 15.9 Å². The van der Waals surface area contributed by atoms with Gasteiger partial charge in [-0.15, -0.1) is 0 Å². The van der Waals surface area contributed by atoms with E-state index < -0.39 is 11.7 Å². The number of nitrogens with zero attached hydrogens (tertiary/aromatic N) is 3. The van der Waals surface area contributed by atoms with Crippen LogP contribution in [-0.2, 0) is 6.18 Å². The van der Waals surface area contributed by atoms with Crippen LogP contribution in [0.4, 0.5) is 19.0 Å². The summed E-state index contributed by atoms with van der Waals surface area (Å²) in [4.78, 5) is 19.9. The van der Waals surface area contributed by atoms with Gasteiger partial charge in [0.15, 0.2) is 0 Å². The molecule has 0 bridgehead atoms. The van der Waals surface area contributed by atoms with Crippen LogP contribution in [-0.4, -0.2) is 42.0 Å². The van der Waals surface area contributed by atoms with Crippen molar-refractivity contribution >= 4 is 39.3 Å². The zero-order valence-corrected chi connectivity index (χ0v) is 15.8. The summed E-state index contributed by atoms with van der Waals surface area (Å²) in [7, 11) is 0. The van der Waals surface area contributed by atoms with Crippen LogP contribution in [0.25, 0.3) is 0 Å². The van der Waals surface area contributed by atoms with Gasteiger partial charge in [0.05, 0.1) is 10.6 Å². The van der Waals surface area contributed by atoms with Gasteiger partial charge in [-0.25, -0.2) is 4.98 Å². The second-order valence-corrected chi connectivity index (χ2v) is 7.14. The number of pyridine rings is 1. The van der Waals surface area contributed by atoms with E-state index >= 15 is 0 Å². The van der Waals surface area contributed by atoms with Gasteiger partial charge in [-0.2, -0.15) is 13.2 Å². The number of rotatable bonds is 2. The maximum atomic E-state index is 12.7. The number of amides is 1. The lowest BCUT2D eigenvalue weighted by molar-refractivity contribution is -0.137. The van der Waals surface area contributed by atoms with E-state index in [4.69, 9.17) is 11.6 Å². The zero-order chi connectivity index (χ0) is 18.9. The van der Waals surface area contributed by atoms with Gasteiger partial charge in [0.2, 0.25) is 0 Å². The molecule has 1 aliphatic heterocycles. The van der Waals surface area contributed by atoms with Gasteiger partial charge < -0.3 is 9.80 Å². The van der Waals surface area contributed by atoms with Crippen molar-refractivity contribution in [2.75, 3.05) is 31.1 Å². The molecule has 0 unspecified atom stereocenters. The third-order valence-electron chi connectivity index (χ3n) is 4.11. The Kier molecular flexibility index (Phi) is 5.43. The Morgan fingerprint density at radius 3 is 2.27 bits per heavy atom. The smallest absolute Gasteiger partial charge is 0.352 e. The number of alkyl halides is 3. The van der Waals surface area contributed by atoms with E-state index in [1.54, 1.807) is 34.1 Å². The molecule has 0 N–H and O–H groups in total. The van der Waals surface area contributed by atoms with E-state index in [1.807, 2.05) is 0 Å². The molecule has 1 amide bonds. The lowest BCUT2D eigenvalue weighted by Crippen LogP contribution is -2.49. The summed E-state index contributed by atoms with van der Waals surface area (Å²) in [6, 6.07) is 7.97. The average molecular weight is 449 g/mol. The van der Waals surface area contributed by atoms with Gasteiger partial charge in [-0.05, 0) is 30.3 Å². The van der Waals surface area contributed by atoms with Crippen molar-refractivity contribution in [2.24, 2.45) is 0 Å². The summed E-state index contributed by atoms with van der Waals surface area (Å²) in [6.07, 6.45) is -3.70. The van der Waals surface area contributed by atoms with Crippen molar-refractivity contribution in [1.82, 2.24) is 9.88 Å². The average Bonchev–Trinajstić information content (AvgIpc) is 2.61. The molecule has 26 heavy (non-hydrogen) atoms. The third-order valence-corrected chi connectivity index (χ3v) is 4.91. The van der Waals surface area contributed by atoms with E-state index in [1.165, 1.54) is 0 Å². The van der Waals surface area contributed by atoms with E-state index in [0.717, 1.165) is 16.7 Å². The quantitative estimate of drug-likeness (QED) is 0.680. The van der Waals surface area contributed by atoms with Crippen LogP contribution in [0.15, 0.2) is 41.0 Å². The van der Waals surface area contributed by atoms with Gasteiger partial charge in [-0.1, -0.05) is 27.5 Å². The Morgan fingerprint density at radius 2 is 1.73 bits per heavy atom. The third kappa shape index (κ3) is 4.12. The number of benzene rings is 1. The van der Waals surface area contributed by atoms with Crippen molar-refractivity contribution in [3.8, 4) is 0 Å². The van der Waals surface area contributed by atoms with Gasteiger partial charge in [0.25, 0.3) is 5.91 Å². The van der Waals surface area contributed by atoms with Crippen LogP contribution in [0, 0.1) is 0 Å². The Bertz CT molecular complexity index is 806. The number of hydrogen-bond donors (Lipinski definition) is 0. The molecule has 4 nitrogen and oxygen atoms in total. The van der Waals surface area contributed by atoms with Crippen molar-refractivity contribution in [3.63, 3.8) is 0 Å². The second kappa shape index (κ2) is 7.44. The summed E-state index contributed by atoms with van der Waals surface area (Å²) in [6.45, 7) is 1.77. The molecule has 0 spiro atoms. The molecule has 1 fully saturated rings. The fourth-order valence-corrected chi connectivity index (χ4v) is 3.26. The SMILES string of the molecule is O=C(c1ccc(Br)cc1)N1CCN(c2ncc(C(F)(F)F)cc2Cl)CC1. The van der Waals surface area contributed by atoms with Crippen molar-refractivity contribution < 1.29 is 18.0 Å². The lowest BCUT2D eigenvalue weighted by atomic mass is 10.2. The molecule has 1 aliphatic rings. The molecule has 0 aliphatic carbocycles. The van der Waals surface area contributed by atoms with Gasteiger partial charge in [0, 0.05) is 42.4 Å². The number of carbonyl (C=O) groups excluding carboxylic acids is 1. The Balaban J connectivity index is 1.67. The molecule has 2 aromatic rings. The fraction of sp³-hybridized carbons (Fsp3) is 0.294. The van der Waals surface area contributed by atoms with Crippen LogP contribution >= 0.6 is 27.5 Å². The molecule has 9 heteroatoms. The molecule has 138 valence electrons. The van der Waals surface area contributed by atoms with E-state index in [-0.39, 0.29) is 10.9 Å². The summed E-state index contributed by atoms with van der Waals surface area (Å²) in [5, 5.41) is -0.0486. The van der Waals surface area contributed by atoms with E-state index in [0.29, 0.717) is 37.6 Å². The molecule has 1 aromatic carbocycles. The fourth-order valence-electron chi connectivity index (χ4n) is 2.71. The summed E-state index contributed by atoms with van der Waals surface area (Å²) >= 11 is 9.32. The van der Waals surface area contributed by atoms with Crippen LogP contribution in [0.5, 0.6) is 0 Å². The topological polar surface area (TPSA) is 36.4 Å². The Morgan fingerprint density at radius 1 is 1.12 bits per heavy atom. The molecular formula is C17H14BrClF3N3O. The molecule has 3 rings (SSSR count). The molecular weight excluding hydrogens is 435 g/mol. The first kappa shape index (κ1) is 19.0. The van der Waals surface area contributed by atoms with Gasteiger partial charge >= 0.3 is 6.18 Å². The highest BCUT2D eigenvalue weighted by molar-refractivity contribution is 9.10. The number of hydrogen-bond acceptors (Lipinski definition) is 3. The molecule has 0 saturated carbocycles. The number of aromatic nitrogens is 1. The zero-order valence-electron chi connectivity index (χ0n) is 13.4. The molecule has 1 aromatic heterocycles. The highest BCUT2D eigenvalue weighted by Gasteiger charge is 2.32. The molecule has 0 atom stereocenters. The minimum atomic E-state index is -4.48. The second-order valence-electron chi connectivity index (χ2n) is 5.81. The Hall–Kier alpha value is -1.80. The summed E-state index contributed by atoms with van der Waals surface area (Å²) in [5.41, 5.74) is -0.289. The first-order valence-electron chi connectivity index (χ1n) is 7.78. The summed E-state index contributed by atoms with van der Waals surface area (Å²) < 4.78 is 39.0. The van der Waals surface area contributed by atoms with Crippen LogP contribution in [0.3, 0.4) is 0 Å². The molecule has 1 saturated heterocycles.